The molecular formula is C19H15ClFNO4. The molecule has 26 heavy (non-hydrogen) atoms. The number of benzene rings is 2. The van der Waals surface area contributed by atoms with Crippen LogP contribution in [0.25, 0.3) is 0 Å². The molecule has 2 aromatic rings. The average molecular weight is 376 g/mol. The minimum absolute atomic E-state index is 0.00859. The van der Waals surface area contributed by atoms with Crippen LogP contribution in [0.2, 0.25) is 5.02 Å². The van der Waals surface area contributed by atoms with Crippen molar-refractivity contribution < 1.29 is 23.5 Å². The molecule has 2 aromatic carbocycles. The second kappa shape index (κ2) is 7.66. The predicted octanol–water partition coefficient (Wildman–Crippen LogP) is 3.26. The first-order valence-electron chi connectivity index (χ1n) is 7.95. The Morgan fingerprint density at radius 3 is 2.42 bits per heavy atom. The van der Waals surface area contributed by atoms with Crippen molar-refractivity contribution in [1.82, 2.24) is 0 Å². The van der Waals surface area contributed by atoms with E-state index in [1.54, 1.807) is 24.3 Å². The molecule has 1 aliphatic heterocycles. The zero-order chi connectivity index (χ0) is 18.7. The third-order valence-electron chi connectivity index (χ3n) is 4.11. The monoisotopic (exact) mass is 375 g/mol. The van der Waals surface area contributed by atoms with Crippen molar-refractivity contribution in [3.05, 3.63) is 64.9 Å². The van der Waals surface area contributed by atoms with Crippen LogP contribution in [0.4, 0.5) is 10.1 Å². The molecule has 5 nitrogen and oxygen atoms in total. The van der Waals surface area contributed by atoms with Gasteiger partial charge in [-0.2, -0.15) is 0 Å². The molecule has 1 fully saturated rings. The number of anilines is 1. The van der Waals surface area contributed by atoms with Crippen LogP contribution >= 0.6 is 11.6 Å². The Balaban J connectivity index is 1.57. The summed E-state index contributed by atoms with van der Waals surface area (Å²) in [4.78, 5) is 37.7. The summed E-state index contributed by atoms with van der Waals surface area (Å²) in [5.41, 5.74) is 0.904. The normalized spacial score (nSPS) is 16.6. The van der Waals surface area contributed by atoms with E-state index >= 15 is 0 Å². The minimum Gasteiger partial charge on any atom is -0.457 e. The Kier molecular flexibility index (Phi) is 5.32. The SMILES string of the molecule is O=C(COC(=O)C1CC(=O)N(c2ccc(F)cc2)C1)c1ccc(Cl)cc1. The van der Waals surface area contributed by atoms with Crippen molar-refractivity contribution in [2.75, 3.05) is 18.1 Å². The number of hydrogen-bond acceptors (Lipinski definition) is 4. The van der Waals surface area contributed by atoms with Crippen molar-refractivity contribution in [2.24, 2.45) is 5.92 Å². The van der Waals surface area contributed by atoms with Crippen LogP contribution in [-0.2, 0) is 14.3 Å². The van der Waals surface area contributed by atoms with Crippen LogP contribution in [0.3, 0.4) is 0 Å². The lowest BCUT2D eigenvalue weighted by Gasteiger charge is -2.16. The Labute approximate surface area is 154 Å². The van der Waals surface area contributed by atoms with Gasteiger partial charge in [-0.25, -0.2) is 4.39 Å². The Morgan fingerprint density at radius 1 is 1.12 bits per heavy atom. The van der Waals surface area contributed by atoms with Gasteiger partial charge in [0, 0.05) is 29.2 Å². The Hall–Kier alpha value is -2.73. The summed E-state index contributed by atoms with van der Waals surface area (Å²) >= 11 is 5.76. The van der Waals surface area contributed by atoms with Crippen molar-refractivity contribution in [3.8, 4) is 0 Å². The van der Waals surface area contributed by atoms with E-state index in [2.05, 4.69) is 0 Å². The second-order valence-electron chi connectivity index (χ2n) is 5.92. The first-order valence-corrected chi connectivity index (χ1v) is 8.33. The molecule has 0 aromatic heterocycles. The lowest BCUT2D eigenvalue weighted by molar-refractivity contribution is -0.147. The maximum absolute atomic E-state index is 13.0. The highest BCUT2D eigenvalue weighted by atomic mass is 35.5. The predicted molar refractivity (Wildman–Crippen MR) is 93.6 cm³/mol. The second-order valence-corrected chi connectivity index (χ2v) is 6.36. The summed E-state index contributed by atoms with van der Waals surface area (Å²) in [7, 11) is 0. The number of amides is 1. The number of carbonyl (C=O) groups is 3. The molecule has 7 heteroatoms. The molecule has 1 atom stereocenters. The van der Waals surface area contributed by atoms with Crippen LogP contribution in [0, 0.1) is 11.7 Å². The van der Waals surface area contributed by atoms with Crippen molar-refractivity contribution in [3.63, 3.8) is 0 Å². The highest BCUT2D eigenvalue weighted by Crippen LogP contribution is 2.26. The topological polar surface area (TPSA) is 63.7 Å². The minimum atomic E-state index is -0.662. The lowest BCUT2D eigenvalue weighted by Crippen LogP contribution is -2.27. The molecule has 0 spiro atoms. The molecule has 3 rings (SSSR count). The number of esters is 1. The van der Waals surface area contributed by atoms with Crippen molar-refractivity contribution >= 4 is 34.9 Å². The van der Waals surface area contributed by atoms with Gasteiger partial charge in [0.05, 0.1) is 5.92 Å². The number of ketones is 1. The van der Waals surface area contributed by atoms with Gasteiger partial charge in [0.25, 0.3) is 0 Å². The zero-order valence-electron chi connectivity index (χ0n) is 13.7. The maximum Gasteiger partial charge on any atom is 0.311 e. The molecule has 134 valence electrons. The van der Waals surface area contributed by atoms with Crippen LogP contribution < -0.4 is 4.90 Å². The fraction of sp³-hybridized carbons (Fsp3) is 0.211. The maximum atomic E-state index is 13.0. The summed E-state index contributed by atoms with van der Waals surface area (Å²) in [5.74, 6) is -2.27. The third kappa shape index (κ3) is 4.08. The van der Waals surface area contributed by atoms with E-state index in [1.807, 2.05) is 0 Å². The van der Waals surface area contributed by atoms with Crippen LogP contribution in [0.1, 0.15) is 16.8 Å². The average Bonchev–Trinajstić information content (AvgIpc) is 3.02. The number of rotatable bonds is 5. The van der Waals surface area contributed by atoms with Gasteiger partial charge < -0.3 is 9.64 Å². The Morgan fingerprint density at radius 2 is 1.77 bits per heavy atom. The van der Waals surface area contributed by atoms with Crippen LogP contribution in [0.15, 0.2) is 48.5 Å². The van der Waals surface area contributed by atoms with E-state index in [9.17, 15) is 18.8 Å². The number of nitrogens with zero attached hydrogens (tertiary/aromatic N) is 1. The molecule has 1 amide bonds. The van der Waals surface area contributed by atoms with Gasteiger partial charge in [0.15, 0.2) is 12.4 Å². The van der Waals surface area contributed by atoms with E-state index in [1.165, 1.54) is 29.2 Å². The number of Topliss-reactive ketones (excluding diaryl/α,β-unsaturated/α-hetero) is 1. The summed E-state index contributed by atoms with van der Waals surface area (Å²) in [6.45, 7) is -0.264. The zero-order valence-corrected chi connectivity index (χ0v) is 14.4. The molecule has 0 N–H and O–H groups in total. The first kappa shape index (κ1) is 18.1. The smallest absolute Gasteiger partial charge is 0.311 e. The van der Waals surface area contributed by atoms with E-state index in [0.717, 1.165) is 0 Å². The molecule has 0 radical (unpaired) electrons. The molecular weight excluding hydrogens is 361 g/mol. The quantitative estimate of drug-likeness (QED) is 0.594. The largest absolute Gasteiger partial charge is 0.457 e. The van der Waals surface area contributed by atoms with Gasteiger partial charge in [-0.15, -0.1) is 0 Å². The summed E-state index contributed by atoms with van der Waals surface area (Å²) in [6, 6.07) is 11.7. The Bertz CT molecular complexity index is 836. The number of hydrogen-bond donors (Lipinski definition) is 0. The third-order valence-corrected chi connectivity index (χ3v) is 4.36. The van der Waals surface area contributed by atoms with Gasteiger partial charge in [-0.1, -0.05) is 11.6 Å². The van der Waals surface area contributed by atoms with Gasteiger partial charge in [0.1, 0.15) is 5.82 Å². The van der Waals surface area contributed by atoms with E-state index in [-0.39, 0.29) is 24.7 Å². The van der Waals surface area contributed by atoms with Crippen LogP contribution in [-0.4, -0.2) is 30.8 Å². The first-order chi connectivity index (χ1) is 12.4. The van der Waals surface area contributed by atoms with Crippen molar-refractivity contribution in [2.45, 2.75) is 6.42 Å². The highest BCUT2D eigenvalue weighted by Gasteiger charge is 2.36. The molecule has 1 aliphatic rings. The van der Waals surface area contributed by atoms with Gasteiger partial charge in [0.2, 0.25) is 5.91 Å². The number of ether oxygens (including phenoxy) is 1. The molecule has 1 unspecified atom stereocenters. The number of halogens is 2. The molecule has 0 aliphatic carbocycles. The van der Waals surface area contributed by atoms with E-state index in [0.29, 0.717) is 16.3 Å². The summed E-state index contributed by atoms with van der Waals surface area (Å²) in [6.07, 6.45) is -0.00859. The highest BCUT2D eigenvalue weighted by molar-refractivity contribution is 6.30. The molecule has 1 saturated heterocycles. The lowest BCUT2D eigenvalue weighted by atomic mass is 10.1. The summed E-state index contributed by atoms with van der Waals surface area (Å²) < 4.78 is 18.1. The summed E-state index contributed by atoms with van der Waals surface area (Å²) in [5, 5.41) is 0.504. The van der Waals surface area contributed by atoms with Gasteiger partial charge >= 0.3 is 5.97 Å². The van der Waals surface area contributed by atoms with Gasteiger partial charge in [-0.05, 0) is 48.5 Å². The van der Waals surface area contributed by atoms with E-state index in [4.69, 9.17) is 16.3 Å². The molecule has 0 saturated carbocycles. The van der Waals surface area contributed by atoms with Gasteiger partial charge in [-0.3, -0.25) is 14.4 Å². The van der Waals surface area contributed by atoms with Crippen LogP contribution in [0.5, 0.6) is 0 Å². The standard InChI is InChI=1S/C19H15ClFNO4/c20-14-3-1-12(2-4-14)17(23)11-26-19(25)13-9-18(24)22(10-13)16-7-5-15(21)6-8-16/h1-8,13H,9-11H2. The molecule has 1 heterocycles. The fourth-order valence-electron chi connectivity index (χ4n) is 2.71. The number of carbonyl (C=O) groups excluding carboxylic acids is 3. The van der Waals surface area contributed by atoms with E-state index < -0.39 is 24.3 Å². The fourth-order valence-corrected chi connectivity index (χ4v) is 2.84. The molecule has 0 bridgehead atoms. The van der Waals surface area contributed by atoms with Crippen molar-refractivity contribution in [1.29, 1.82) is 0 Å².